The molecule has 0 radical (unpaired) electrons. The number of hydrogen-bond acceptors (Lipinski definition) is 3. The zero-order valence-corrected chi connectivity index (χ0v) is 21.1. The summed E-state index contributed by atoms with van der Waals surface area (Å²) < 4.78 is 6.91. The maximum Gasteiger partial charge on any atom is 0.261 e. The highest BCUT2D eigenvalue weighted by Crippen LogP contribution is 2.36. The Labute approximate surface area is 190 Å². The van der Waals surface area contributed by atoms with Gasteiger partial charge in [0.25, 0.3) is 8.32 Å². The van der Waals surface area contributed by atoms with Gasteiger partial charge in [-0.3, -0.25) is 0 Å². The molecular weight excluding hydrogens is 400 g/mol. The Hall–Kier alpha value is -1.46. The maximum absolute atomic E-state index is 10.3. The van der Waals surface area contributed by atoms with Crippen molar-refractivity contribution in [2.75, 3.05) is 13.2 Å². The molecule has 0 heterocycles. The summed E-state index contributed by atoms with van der Waals surface area (Å²) >= 11 is 0. The van der Waals surface area contributed by atoms with Gasteiger partial charge < -0.3 is 14.6 Å². The zero-order valence-electron chi connectivity index (χ0n) is 20.1. The van der Waals surface area contributed by atoms with E-state index < -0.39 is 8.32 Å². The largest absolute Gasteiger partial charge is 0.407 e. The van der Waals surface area contributed by atoms with Gasteiger partial charge in [0.15, 0.2) is 0 Å². The van der Waals surface area contributed by atoms with Gasteiger partial charge in [0.2, 0.25) is 0 Å². The number of aliphatic hydroxyl groups excluding tert-OH is 2. The Bertz CT molecular complexity index is 714. The molecule has 2 rings (SSSR count). The first kappa shape index (κ1) is 25.8. The van der Waals surface area contributed by atoms with E-state index in [-0.39, 0.29) is 23.2 Å². The van der Waals surface area contributed by atoms with Crippen molar-refractivity contribution in [2.45, 2.75) is 77.9 Å². The van der Waals surface area contributed by atoms with Crippen molar-refractivity contribution in [3.8, 4) is 0 Å². The Kier molecular flexibility index (Phi) is 9.50. The van der Waals surface area contributed by atoms with Gasteiger partial charge in [-0.2, -0.15) is 0 Å². The van der Waals surface area contributed by atoms with E-state index >= 15 is 0 Å². The van der Waals surface area contributed by atoms with Crippen LogP contribution in [0.3, 0.4) is 0 Å². The lowest BCUT2D eigenvalue weighted by molar-refractivity contribution is 0.0663. The highest BCUT2D eigenvalue weighted by Gasteiger charge is 2.49. The van der Waals surface area contributed by atoms with Gasteiger partial charge in [-0.15, -0.1) is 0 Å². The van der Waals surface area contributed by atoms with E-state index in [4.69, 9.17) is 4.43 Å². The standard InChI is InChI=1S/C27H42O3Si/c1-26(2,3)31(24-16-10-6-11-17-24,25-18-12-7-13-19-25)30-20-14-8-9-15-23(29)21-27(4,5)22-28/h6-7,10-13,16-19,23,28-29H,8-9,14-15,20-22H2,1-5H3. The molecule has 0 aliphatic heterocycles. The molecule has 0 fully saturated rings. The van der Waals surface area contributed by atoms with E-state index in [1.807, 2.05) is 13.8 Å². The van der Waals surface area contributed by atoms with Gasteiger partial charge in [-0.1, -0.05) is 108 Å². The summed E-state index contributed by atoms with van der Waals surface area (Å²) in [7, 11) is -2.45. The molecule has 0 amide bonds. The highest BCUT2D eigenvalue weighted by atomic mass is 28.4. The fourth-order valence-corrected chi connectivity index (χ4v) is 9.06. The van der Waals surface area contributed by atoms with E-state index in [1.165, 1.54) is 10.4 Å². The third-order valence-electron chi connectivity index (χ3n) is 6.13. The first-order valence-corrected chi connectivity index (χ1v) is 13.6. The van der Waals surface area contributed by atoms with Crippen LogP contribution >= 0.6 is 0 Å². The molecule has 2 aromatic rings. The Morgan fingerprint density at radius 2 is 1.32 bits per heavy atom. The molecule has 1 unspecified atom stereocenters. The number of rotatable bonds is 12. The Morgan fingerprint density at radius 3 is 1.77 bits per heavy atom. The Balaban J connectivity index is 2.04. The van der Waals surface area contributed by atoms with Crippen LogP contribution in [0, 0.1) is 5.41 Å². The van der Waals surface area contributed by atoms with Crippen LogP contribution in [0.1, 0.15) is 66.7 Å². The molecule has 0 bridgehead atoms. The fraction of sp³-hybridized carbons (Fsp3) is 0.556. The SMILES string of the molecule is CC(C)(CO)CC(O)CCCCCO[Si](c1ccccc1)(c1ccccc1)C(C)(C)C. The molecule has 0 saturated heterocycles. The average molecular weight is 443 g/mol. The summed E-state index contributed by atoms with van der Waals surface area (Å²) in [6.07, 6.45) is 4.08. The molecule has 3 nitrogen and oxygen atoms in total. The van der Waals surface area contributed by atoms with Crippen molar-refractivity contribution in [2.24, 2.45) is 5.41 Å². The van der Waals surface area contributed by atoms with Gasteiger partial charge >= 0.3 is 0 Å². The second-order valence-electron chi connectivity index (χ2n) is 10.5. The smallest absolute Gasteiger partial charge is 0.261 e. The van der Waals surface area contributed by atoms with E-state index in [2.05, 4.69) is 81.4 Å². The molecule has 1 atom stereocenters. The predicted octanol–water partition coefficient (Wildman–Crippen LogP) is 4.89. The van der Waals surface area contributed by atoms with Gasteiger partial charge in [-0.25, -0.2) is 0 Å². The molecule has 172 valence electrons. The molecule has 2 aromatic carbocycles. The van der Waals surface area contributed by atoms with Crippen LogP contribution in [0.4, 0.5) is 0 Å². The zero-order chi connectivity index (χ0) is 23.0. The molecule has 4 heteroatoms. The lowest BCUT2D eigenvalue weighted by atomic mass is 9.86. The van der Waals surface area contributed by atoms with Gasteiger partial charge in [-0.05, 0) is 40.1 Å². The van der Waals surface area contributed by atoms with Crippen molar-refractivity contribution in [3.63, 3.8) is 0 Å². The topological polar surface area (TPSA) is 49.7 Å². The van der Waals surface area contributed by atoms with E-state index in [0.29, 0.717) is 6.42 Å². The minimum atomic E-state index is -2.45. The van der Waals surface area contributed by atoms with E-state index in [1.54, 1.807) is 0 Å². The van der Waals surface area contributed by atoms with Crippen LogP contribution in [-0.2, 0) is 4.43 Å². The van der Waals surface area contributed by atoms with Gasteiger partial charge in [0.1, 0.15) is 0 Å². The monoisotopic (exact) mass is 442 g/mol. The number of hydrogen-bond donors (Lipinski definition) is 2. The molecule has 2 N–H and O–H groups in total. The predicted molar refractivity (Wildman–Crippen MR) is 134 cm³/mol. The first-order valence-electron chi connectivity index (χ1n) is 11.7. The number of unbranched alkanes of at least 4 members (excludes halogenated alkanes) is 2. The normalized spacial score (nSPS) is 13.9. The van der Waals surface area contributed by atoms with Crippen molar-refractivity contribution >= 4 is 18.7 Å². The molecule has 0 aliphatic rings. The summed E-state index contributed by atoms with van der Waals surface area (Å²) in [6, 6.07) is 21.5. The quantitative estimate of drug-likeness (QED) is 0.363. The van der Waals surface area contributed by atoms with Crippen LogP contribution < -0.4 is 10.4 Å². The summed E-state index contributed by atoms with van der Waals surface area (Å²) in [6.45, 7) is 11.7. The molecular formula is C27H42O3Si. The van der Waals surface area contributed by atoms with Crippen LogP contribution in [0.25, 0.3) is 0 Å². The fourth-order valence-electron chi connectivity index (χ4n) is 4.45. The lowest BCUT2D eigenvalue weighted by Gasteiger charge is -2.43. The number of benzene rings is 2. The molecule has 0 saturated carbocycles. The van der Waals surface area contributed by atoms with Crippen LogP contribution in [0.2, 0.25) is 5.04 Å². The molecule has 0 spiro atoms. The summed E-state index contributed by atoms with van der Waals surface area (Å²) in [5.74, 6) is 0. The molecule has 0 aromatic heterocycles. The third kappa shape index (κ3) is 7.01. The third-order valence-corrected chi connectivity index (χ3v) is 11.2. The minimum absolute atomic E-state index is 0.00176. The van der Waals surface area contributed by atoms with Crippen molar-refractivity contribution in [3.05, 3.63) is 60.7 Å². The second-order valence-corrected chi connectivity index (χ2v) is 14.8. The average Bonchev–Trinajstić information content (AvgIpc) is 2.73. The summed E-state index contributed by atoms with van der Waals surface area (Å²) in [5.41, 5.74) is -0.216. The minimum Gasteiger partial charge on any atom is -0.407 e. The first-order chi connectivity index (χ1) is 14.6. The van der Waals surface area contributed by atoms with E-state index in [0.717, 1.165) is 32.3 Å². The second kappa shape index (κ2) is 11.4. The summed E-state index contributed by atoms with van der Waals surface area (Å²) in [5, 5.41) is 22.3. The molecule has 0 aliphatic carbocycles. The van der Waals surface area contributed by atoms with Crippen molar-refractivity contribution < 1.29 is 14.6 Å². The van der Waals surface area contributed by atoms with Crippen LogP contribution in [0.5, 0.6) is 0 Å². The van der Waals surface area contributed by atoms with Gasteiger partial charge in [0.05, 0.1) is 6.10 Å². The lowest BCUT2D eigenvalue weighted by Crippen LogP contribution is -2.66. The van der Waals surface area contributed by atoms with E-state index in [9.17, 15) is 10.2 Å². The van der Waals surface area contributed by atoms with Crippen LogP contribution in [0.15, 0.2) is 60.7 Å². The Morgan fingerprint density at radius 1 is 0.806 bits per heavy atom. The molecule has 31 heavy (non-hydrogen) atoms. The van der Waals surface area contributed by atoms with Crippen molar-refractivity contribution in [1.29, 1.82) is 0 Å². The number of aliphatic hydroxyl groups is 2. The maximum atomic E-state index is 10.3. The van der Waals surface area contributed by atoms with Gasteiger partial charge in [0, 0.05) is 13.2 Å². The van der Waals surface area contributed by atoms with Crippen molar-refractivity contribution in [1.82, 2.24) is 0 Å². The van der Waals surface area contributed by atoms with Crippen LogP contribution in [-0.4, -0.2) is 37.8 Å². The summed E-state index contributed by atoms with van der Waals surface area (Å²) in [4.78, 5) is 0. The highest BCUT2D eigenvalue weighted by molar-refractivity contribution is 6.99.